The molecule has 0 saturated heterocycles. The van der Waals surface area contributed by atoms with Crippen molar-refractivity contribution in [3.63, 3.8) is 0 Å². The second-order valence-electron chi connectivity index (χ2n) is 4.00. The van der Waals surface area contributed by atoms with E-state index in [4.69, 9.17) is 4.74 Å². The second-order valence-corrected chi connectivity index (χ2v) is 6.42. The van der Waals surface area contributed by atoms with Crippen LogP contribution in [-0.4, -0.2) is 24.6 Å². The first-order chi connectivity index (χ1) is 8.72. The third-order valence-corrected chi connectivity index (χ3v) is 5.32. The van der Waals surface area contributed by atoms with Gasteiger partial charge in [0, 0.05) is 4.91 Å². The topological polar surface area (TPSA) is 26.3 Å². The van der Waals surface area contributed by atoms with E-state index in [2.05, 4.69) is 6.92 Å². The summed E-state index contributed by atoms with van der Waals surface area (Å²) < 4.78 is 4.70. The number of benzene rings is 1. The molecule has 0 fully saturated rings. The molecule has 2 nitrogen and oxygen atoms in total. The predicted octanol–water partition coefficient (Wildman–Crippen LogP) is 4.03. The van der Waals surface area contributed by atoms with Crippen LogP contribution in [0.3, 0.4) is 0 Å². The molecule has 0 spiro atoms. The number of carbonyl (C=O) groups is 1. The van der Waals surface area contributed by atoms with Gasteiger partial charge in [0.25, 0.3) is 0 Å². The number of methoxy groups -OCH3 is 1. The molecule has 2 rings (SSSR count). The molecule has 4 heteroatoms. The Bertz CT molecular complexity index is 463. The zero-order valence-corrected chi connectivity index (χ0v) is 12.2. The Balaban J connectivity index is 2.25. The fourth-order valence-corrected chi connectivity index (χ4v) is 4.17. The standard InChI is InChI=1S/C14H16O2S2/c1-10-13(18-9-3-8-17-10)11-4-6-12(7-5-11)14(15)16-2/h4-7H,3,8-9H2,1-2H3. The van der Waals surface area contributed by atoms with E-state index in [9.17, 15) is 4.79 Å². The quantitative estimate of drug-likeness (QED) is 0.764. The highest BCUT2D eigenvalue weighted by molar-refractivity contribution is 8.11. The van der Waals surface area contributed by atoms with Gasteiger partial charge in [-0.05, 0) is 47.5 Å². The van der Waals surface area contributed by atoms with E-state index in [1.807, 2.05) is 47.8 Å². The SMILES string of the molecule is COC(=O)c1ccc(C2=C(C)SCCCS2)cc1. The van der Waals surface area contributed by atoms with Crippen molar-refractivity contribution in [1.29, 1.82) is 0 Å². The summed E-state index contributed by atoms with van der Waals surface area (Å²) in [7, 11) is 1.40. The largest absolute Gasteiger partial charge is 0.465 e. The Morgan fingerprint density at radius 3 is 2.50 bits per heavy atom. The number of hydrogen-bond acceptors (Lipinski definition) is 4. The van der Waals surface area contributed by atoms with Crippen LogP contribution < -0.4 is 0 Å². The minimum absolute atomic E-state index is 0.282. The van der Waals surface area contributed by atoms with Gasteiger partial charge in [0.15, 0.2) is 0 Å². The summed E-state index contributed by atoms with van der Waals surface area (Å²) in [6, 6.07) is 7.67. The van der Waals surface area contributed by atoms with E-state index >= 15 is 0 Å². The average molecular weight is 280 g/mol. The first-order valence-electron chi connectivity index (χ1n) is 5.87. The maximum atomic E-state index is 11.4. The molecule has 0 N–H and O–H groups in total. The predicted molar refractivity (Wildman–Crippen MR) is 79.9 cm³/mol. The number of carbonyl (C=O) groups excluding carboxylic acids is 1. The monoisotopic (exact) mass is 280 g/mol. The first kappa shape index (κ1) is 13.6. The van der Waals surface area contributed by atoms with E-state index in [0.29, 0.717) is 5.56 Å². The van der Waals surface area contributed by atoms with Crippen molar-refractivity contribution in [3.05, 3.63) is 40.3 Å². The normalized spacial score (nSPS) is 16.3. The lowest BCUT2D eigenvalue weighted by molar-refractivity contribution is 0.0601. The van der Waals surface area contributed by atoms with Crippen molar-refractivity contribution in [2.75, 3.05) is 18.6 Å². The van der Waals surface area contributed by atoms with Crippen molar-refractivity contribution in [2.45, 2.75) is 13.3 Å². The number of thioether (sulfide) groups is 2. The Hall–Kier alpha value is -0.870. The summed E-state index contributed by atoms with van der Waals surface area (Å²) in [4.78, 5) is 14.1. The maximum Gasteiger partial charge on any atom is 0.337 e. The number of esters is 1. The van der Waals surface area contributed by atoms with Crippen LogP contribution in [0, 0.1) is 0 Å². The Labute approximate surface area is 116 Å². The van der Waals surface area contributed by atoms with Gasteiger partial charge in [0.2, 0.25) is 0 Å². The van der Waals surface area contributed by atoms with Crippen LogP contribution in [-0.2, 0) is 4.74 Å². The summed E-state index contributed by atoms with van der Waals surface area (Å²) in [5.41, 5.74) is 1.80. The summed E-state index contributed by atoms with van der Waals surface area (Å²) in [5, 5.41) is 0. The van der Waals surface area contributed by atoms with E-state index in [-0.39, 0.29) is 5.97 Å². The summed E-state index contributed by atoms with van der Waals surface area (Å²) >= 11 is 3.83. The molecule has 0 aliphatic carbocycles. The van der Waals surface area contributed by atoms with Crippen LogP contribution in [0.5, 0.6) is 0 Å². The molecule has 1 aromatic carbocycles. The van der Waals surface area contributed by atoms with Gasteiger partial charge >= 0.3 is 5.97 Å². The van der Waals surface area contributed by atoms with Gasteiger partial charge in [-0.2, -0.15) is 0 Å². The van der Waals surface area contributed by atoms with Crippen LogP contribution in [0.2, 0.25) is 0 Å². The van der Waals surface area contributed by atoms with Gasteiger partial charge in [-0.3, -0.25) is 0 Å². The molecule has 0 amide bonds. The van der Waals surface area contributed by atoms with Crippen molar-refractivity contribution >= 4 is 34.4 Å². The van der Waals surface area contributed by atoms with Crippen LogP contribution in [0.15, 0.2) is 29.2 Å². The van der Waals surface area contributed by atoms with Crippen LogP contribution in [0.25, 0.3) is 4.91 Å². The van der Waals surface area contributed by atoms with Gasteiger partial charge in [0.1, 0.15) is 0 Å². The minimum Gasteiger partial charge on any atom is -0.465 e. The van der Waals surface area contributed by atoms with Gasteiger partial charge in [0.05, 0.1) is 12.7 Å². The molecule has 18 heavy (non-hydrogen) atoms. The van der Waals surface area contributed by atoms with E-state index in [1.54, 1.807) is 0 Å². The average Bonchev–Trinajstić information content (AvgIpc) is 2.63. The highest BCUT2D eigenvalue weighted by Crippen LogP contribution is 2.39. The molecule has 96 valence electrons. The van der Waals surface area contributed by atoms with Crippen molar-refractivity contribution in [2.24, 2.45) is 0 Å². The maximum absolute atomic E-state index is 11.4. The lowest BCUT2D eigenvalue weighted by Gasteiger charge is -2.09. The molecule has 1 heterocycles. The van der Waals surface area contributed by atoms with Crippen LogP contribution in [0.1, 0.15) is 29.3 Å². The lowest BCUT2D eigenvalue weighted by atomic mass is 10.1. The second kappa shape index (κ2) is 6.34. The molecule has 0 atom stereocenters. The molecule has 1 aromatic rings. The lowest BCUT2D eigenvalue weighted by Crippen LogP contribution is -2.00. The smallest absolute Gasteiger partial charge is 0.337 e. The Morgan fingerprint density at radius 1 is 1.17 bits per heavy atom. The van der Waals surface area contributed by atoms with E-state index in [1.165, 1.54) is 40.4 Å². The molecule has 0 saturated carbocycles. The molecule has 1 aliphatic heterocycles. The van der Waals surface area contributed by atoms with Gasteiger partial charge in [-0.1, -0.05) is 12.1 Å². The molecular weight excluding hydrogens is 264 g/mol. The number of allylic oxidation sites excluding steroid dienone is 1. The van der Waals surface area contributed by atoms with Gasteiger partial charge in [-0.15, -0.1) is 23.5 Å². The zero-order valence-electron chi connectivity index (χ0n) is 10.6. The number of hydrogen-bond donors (Lipinski definition) is 0. The highest BCUT2D eigenvalue weighted by Gasteiger charge is 2.12. The molecule has 0 aromatic heterocycles. The zero-order chi connectivity index (χ0) is 13.0. The third kappa shape index (κ3) is 3.12. The molecule has 0 radical (unpaired) electrons. The summed E-state index contributed by atoms with van der Waals surface area (Å²) in [6.07, 6.45) is 1.25. The molecular formula is C14H16O2S2. The van der Waals surface area contributed by atoms with Crippen LogP contribution >= 0.6 is 23.5 Å². The van der Waals surface area contributed by atoms with Crippen molar-refractivity contribution in [3.8, 4) is 0 Å². The highest BCUT2D eigenvalue weighted by atomic mass is 32.2. The fourth-order valence-electron chi connectivity index (χ4n) is 1.79. The first-order valence-corrected chi connectivity index (χ1v) is 7.84. The van der Waals surface area contributed by atoms with Gasteiger partial charge < -0.3 is 4.74 Å². The Kier molecular flexibility index (Phi) is 4.78. The van der Waals surface area contributed by atoms with Crippen LogP contribution in [0.4, 0.5) is 0 Å². The third-order valence-electron chi connectivity index (χ3n) is 2.74. The van der Waals surface area contributed by atoms with E-state index < -0.39 is 0 Å². The van der Waals surface area contributed by atoms with Crippen molar-refractivity contribution < 1.29 is 9.53 Å². The minimum atomic E-state index is -0.282. The fraction of sp³-hybridized carbons (Fsp3) is 0.357. The Morgan fingerprint density at radius 2 is 1.83 bits per heavy atom. The summed E-state index contributed by atoms with van der Waals surface area (Å²) in [6.45, 7) is 2.17. The molecule has 0 bridgehead atoms. The van der Waals surface area contributed by atoms with Crippen molar-refractivity contribution in [1.82, 2.24) is 0 Å². The molecule has 0 unspecified atom stereocenters. The van der Waals surface area contributed by atoms with E-state index in [0.717, 1.165) is 0 Å². The number of rotatable bonds is 2. The summed E-state index contributed by atoms with van der Waals surface area (Å²) in [5.74, 6) is 2.08. The molecule has 1 aliphatic rings. The number of ether oxygens (including phenoxy) is 1. The van der Waals surface area contributed by atoms with Gasteiger partial charge in [-0.25, -0.2) is 4.79 Å².